The molecule has 5 rings (SSSR count). The lowest BCUT2D eigenvalue weighted by atomic mass is 10.1. The van der Waals surface area contributed by atoms with Crippen molar-refractivity contribution in [2.45, 2.75) is 25.8 Å². The van der Waals surface area contributed by atoms with Gasteiger partial charge in [0, 0.05) is 12.1 Å². The van der Waals surface area contributed by atoms with Gasteiger partial charge in [0.25, 0.3) is 5.91 Å². The molecule has 2 aromatic heterocycles. The smallest absolute Gasteiger partial charge is 0.256 e. The van der Waals surface area contributed by atoms with Gasteiger partial charge in [0.1, 0.15) is 6.04 Å². The number of likely N-dealkylation sites (tertiary alicyclic amines) is 1. The van der Waals surface area contributed by atoms with E-state index in [-0.39, 0.29) is 11.9 Å². The Morgan fingerprint density at radius 1 is 1.10 bits per heavy atom. The van der Waals surface area contributed by atoms with E-state index in [9.17, 15) is 4.79 Å². The van der Waals surface area contributed by atoms with Gasteiger partial charge in [0.2, 0.25) is 5.89 Å². The Morgan fingerprint density at radius 3 is 2.70 bits per heavy atom. The first-order valence-electron chi connectivity index (χ1n) is 10.00. The highest BCUT2D eigenvalue weighted by molar-refractivity contribution is 5.98. The van der Waals surface area contributed by atoms with E-state index in [2.05, 4.69) is 15.2 Å². The summed E-state index contributed by atoms with van der Waals surface area (Å²) in [5, 5.41) is 8.41. The van der Waals surface area contributed by atoms with E-state index >= 15 is 0 Å². The van der Waals surface area contributed by atoms with Gasteiger partial charge in [-0.05, 0) is 31.9 Å². The first-order valence-corrected chi connectivity index (χ1v) is 10.00. The highest BCUT2D eigenvalue weighted by Crippen LogP contribution is 2.35. The highest BCUT2D eigenvalue weighted by atomic mass is 16.4. The second-order valence-electron chi connectivity index (χ2n) is 7.42. The molecule has 1 atom stereocenters. The molecule has 0 saturated carbocycles. The molecule has 1 fully saturated rings. The molecule has 7 nitrogen and oxygen atoms in total. The zero-order valence-corrected chi connectivity index (χ0v) is 16.6. The number of carbonyl (C=O) groups is 1. The van der Waals surface area contributed by atoms with Gasteiger partial charge in [-0.25, -0.2) is 4.98 Å². The molecule has 0 aliphatic carbocycles. The maximum Gasteiger partial charge on any atom is 0.256 e. The van der Waals surface area contributed by atoms with Gasteiger partial charge in [-0.1, -0.05) is 42.0 Å². The van der Waals surface area contributed by atoms with Crippen molar-refractivity contribution in [2.24, 2.45) is 0 Å². The molecule has 30 heavy (non-hydrogen) atoms. The molecule has 3 heterocycles. The maximum atomic E-state index is 13.6. The van der Waals surface area contributed by atoms with Gasteiger partial charge < -0.3 is 9.32 Å². The van der Waals surface area contributed by atoms with Crippen molar-refractivity contribution < 1.29 is 9.21 Å². The normalized spacial score (nSPS) is 16.2. The molecule has 1 saturated heterocycles. The molecule has 4 aromatic rings. The summed E-state index contributed by atoms with van der Waals surface area (Å²) in [6, 6.07) is 15.4. The van der Waals surface area contributed by atoms with Crippen molar-refractivity contribution in [3.05, 3.63) is 84.1 Å². The van der Waals surface area contributed by atoms with Crippen molar-refractivity contribution >= 4 is 5.91 Å². The molecule has 1 unspecified atom stereocenters. The molecular formula is C23H21N5O2. The molecule has 1 aliphatic heterocycles. The number of hydrogen-bond acceptors (Lipinski definition) is 5. The maximum absolute atomic E-state index is 13.6. The Morgan fingerprint density at radius 2 is 1.90 bits per heavy atom. The number of nitrogens with zero attached hydrogens (tertiary/aromatic N) is 5. The molecule has 0 bridgehead atoms. The molecular weight excluding hydrogens is 378 g/mol. The third-order valence-corrected chi connectivity index (χ3v) is 5.40. The number of amides is 1. The first-order chi connectivity index (χ1) is 14.7. The number of hydrogen-bond donors (Lipinski definition) is 0. The van der Waals surface area contributed by atoms with Gasteiger partial charge in [0.05, 0.1) is 29.8 Å². The number of benzene rings is 2. The summed E-state index contributed by atoms with van der Waals surface area (Å²) in [4.78, 5) is 21.4. The van der Waals surface area contributed by atoms with Crippen LogP contribution in [0.2, 0.25) is 0 Å². The van der Waals surface area contributed by atoms with Crippen molar-refractivity contribution in [1.82, 2.24) is 24.9 Å². The average Bonchev–Trinajstić information content (AvgIpc) is 3.55. The monoisotopic (exact) mass is 399 g/mol. The van der Waals surface area contributed by atoms with Crippen LogP contribution in [0.4, 0.5) is 0 Å². The fraction of sp³-hybridized carbons (Fsp3) is 0.217. The summed E-state index contributed by atoms with van der Waals surface area (Å²) in [6.45, 7) is 2.63. The van der Waals surface area contributed by atoms with Crippen molar-refractivity contribution in [3.63, 3.8) is 0 Å². The van der Waals surface area contributed by atoms with Crippen LogP contribution in [0.1, 0.15) is 40.7 Å². The van der Waals surface area contributed by atoms with Gasteiger partial charge >= 0.3 is 0 Å². The summed E-state index contributed by atoms with van der Waals surface area (Å²) in [6.07, 6.45) is 6.66. The van der Waals surface area contributed by atoms with E-state index < -0.39 is 0 Å². The molecule has 0 N–H and O–H groups in total. The number of rotatable bonds is 4. The summed E-state index contributed by atoms with van der Waals surface area (Å²) in [5.74, 6) is 1.22. The summed E-state index contributed by atoms with van der Waals surface area (Å²) in [7, 11) is 0. The lowest BCUT2D eigenvalue weighted by Crippen LogP contribution is -2.31. The fourth-order valence-electron chi connectivity index (χ4n) is 3.93. The van der Waals surface area contributed by atoms with E-state index in [1.54, 1.807) is 18.6 Å². The van der Waals surface area contributed by atoms with Crippen molar-refractivity contribution in [1.29, 1.82) is 0 Å². The van der Waals surface area contributed by atoms with Crippen LogP contribution in [0.3, 0.4) is 0 Å². The van der Waals surface area contributed by atoms with E-state index in [0.717, 1.165) is 24.0 Å². The summed E-state index contributed by atoms with van der Waals surface area (Å²) >= 11 is 0. The van der Waals surface area contributed by atoms with Crippen LogP contribution in [0.5, 0.6) is 0 Å². The number of aromatic nitrogens is 4. The minimum absolute atomic E-state index is 0.0621. The van der Waals surface area contributed by atoms with Crippen LogP contribution in [0, 0.1) is 6.92 Å². The minimum atomic E-state index is -0.186. The van der Waals surface area contributed by atoms with E-state index in [0.29, 0.717) is 29.4 Å². The summed E-state index contributed by atoms with van der Waals surface area (Å²) < 4.78 is 6.06. The molecule has 1 aliphatic rings. The number of aryl methyl sites for hydroxylation is 1. The third kappa shape index (κ3) is 3.28. The fourth-order valence-corrected chi connectivity index (χ4v) is 3.93. The quantitative estimate of drug-likeness (QED) is 0.514. The molecule has 0 radical (unpaired) electrons. The Labute approximate surface area is 174 Å². The second kappa shape index (κ2) is 7.59. The average molecular weight is 399 g/mol. The zero-order chi connectivity index (χ0) is 20.5. The van der Waals surface area contributed by atoms with Gasteiger partial charge in [-0.3, -0.25) is 4.79 Å². The Balaban J connectivity index is 1.47. The predicted octanol–water partition coefficient (Wildman–Crippen LogP) is 4.21. The Kier molecular flexibility index (Phi) is 4.63. The van der Waals surface area contributed by atoms with Crippen LogP contribution in [-0.2, 0) is 0 Å². The third-order valence-electron chi connectivity index (χ3n) is 5.40. The van der Waals surface area contributed by atoms with E-state index in [1.807, 2.05) is 60.4 Å². The van der Waals surface area contributed by atoms with Gasteiger partial charge in [-0.2, -0.15) is 15.0 Å². The molecule has 0 spiro atoms. The lowest BCUT2D eigenvalue weighted by molar-refractivity contribution is 0.0715. The Hall–Kier alpha value is -3.74. The largest absolute Gasteiger partial charge is 0.438 e. The van der Waals surface area contributed by atoms with Gasteiger partial charge in [0.15, 0.2) is 5.76 Å². The minimum Gasteiger partial charge on any atom is -0.438 e. The van der Waals surface area contributed by atoms with Crippen LogP contribution in [-0.4, -0.2) is 37.3 Å². The first kappa shape index (κ1) is 18.3. The molecule has 1 amide bonds. The zero-order valence-electron chi connectivity index (χ0n) is 16.6. The standard InChI is InChI=1S/C23H21N5O2/c1-16-9-10-19(28-25-11-12-26-28)18(14-16)23(29)27-13-5-8-20(27)22-24-15-21(30-22)17-6-3-2-4-7-17/h2-4,6-7,9-12,14-15,20H,5,8,13H2,1H3. The SMILES string of the molecule is Cc1ccc(-n2nccn2)c(C(=O)N2CCCC2c2ncc(-c3ccccc3)o2)c1. The number of oxazole rings is 1. The van der Waals surface area contributed by atoms with Crippen LogP contribution >= 0.6 is 0 Å². The van der Waals surface area contributed by atoms with Crippen LogP contribution in [0.15, 0.2) is 71.5 Å². The topological polar surface area (TPSA) is 77.1 Å². The molecule has 7 heteroatoms. The van der Waals surface area contributed by atoms with Gasteiger partial charge in [-0.15, -0.1) is 0 Å². The van der Waals surface area contributed by atoms with Crippen LogP contribution < -0.4 is 0 Å². The van der Waals surface area contributed by atoms with Crippen molar-refractivity contribution in [3.8, 4) is 17.0 Å². The molecule has 150 valence electrons. The molecule has 2 aromatic carbocycles. The summed E-state index contributed by atoms with van der Waals surface area (Å²) in [5.41, 5.74) is 3.22. The second-order valence-corrected chi connectivity index (χ2v) is 7.42. The van der Waals surface area contributed by atoms with Crippen molar-refractivity contribution in [2.75, 3.05) is 6.54 Å². The van der Waals surface area contributed by atoms with E-state index in [4.69, 9.17) is 4.42 Å². The van der Waals surface area contributed by atoms with E-state index in [1.165, 1.54) is 4.80 Å². The van der Waals surface area contributed by atoms with Crippen LogP contribution in [0.25, 0.3) is 17.0 Å². The highest BCUT2D eigenvalue weighted by Gasteiger charge is 2.35. The lowest BCUT2D eigenvalue weighted by Gasteiger charge is -2.23. The Bertz CT molecular complexity index is 1170. The number of carbonyl (C=O) groups excluding carboxylic acids is 1. The predicted molar refractivity (Wildman–Crippen MR) is 111 cm³/mol.